The van der Waals surface area contributed by atoms with Gasteiger partial charge in [-0.2, -0.15) is 0 Å². The Morgan fingerprint density at radius 2 is 1.35 bits per heavy atom. The maximum Gasteiger partial charge on any atom is 0.265 e. The molecule has 8 nitrogen and oxygen atoms in total. The van der Waals surface area contributed by atoms with Crippen molar-refractivity contribution in [3.05, 3.63) is 161 Å². The average molecular weight is 638 g/mol. The van der Waals surface area contributed by atoms with Gasteiger partial charge in [-0.25, -0.2) is 0 Å². The first-order chi connectivity index (χ1) is 23.3. The SMILES string of the molecule is Cc1cccc(C)c1NC(=O)[C@H]1N(c2ccccc2)C(=O)[C@](O)(c2ccccc2)[C@]12C(=O)c1ccccc1O[C@@H]2NCc1ccccc1. The van der Waals surface area contributed by atoms with Crippen LogP contribution in [0.3, 0.4) is 0 Å². The summed E-state index contributed by atoms with van der Waals surface area (Å²) in [6.45, 7) is 3.98. The molecular formula is C40H35N3O5. The molecular weight excluding hydrogens is 602 g/mol. The number of carbonyl (C=O) groups is 3. The number of nitrogens with zero attached hydrogens (tertiary/aromatic N) is 1. The standard InChI is InChI=1S/C40H35N3O5/c1-26-15-14-16-27(2)33(26)42-36(45)34-39(40(47,29-19-8-4-9-20-29)38(46)43(34)30-21-10-5-11-22-30)35(44)31-23-12-13-24-32(31)48-37(39)41-25-28-17-6-3-7-18-28/h3-24,34,37,41,47H,25H2,1-2H3,(H,42,45)/t34-,37+,39+,40-/m1/s1. The number of fused-ring (bicyclic) bond motifs is 1. The minimum absolute atomic E-state index is 0.164. The topological polar surface area (TPSA) is 108 Å². The summed E-state index contributed by atoms with van der Waals surface area (Å²) in [5.41, 5.74) is -1.03. The summed E-state index contributed by atoms with van der Waals surface area (Å²) in [6, 6.07) is 37.4. The summed E-state index contributed by atoms with van der Waals surface area (Å²) in [4.78, 5) is 46.9. The van der Waals surface area contributed by atoms with E-state index in [9.17, 15) is 5.11 Å². The van der Waals surface area contributed by atoms with Crippen molar-refractivity contribution < 1.29 is 24.2 Å². The van der Waals surface area contributed by atoms with Crippen LogP contribution in [0, 0.1) is 19.3 Å². The van der Waals surface area contributed by atoms with Gasteiger partial charge in [0.15, 0.2) is 23.0 Å². The molecule has 240 valence electrons. The van der Waals surface area contributed by atoms with Crippen LogP contribution in [-0.4, -0.2) is 35.0 Å². The molecule has 4 atom stereocenters. The van der Waals surface area contributed by atoms with Crippen molar-refractivity contribution in [1.82, 2.24) is 5.32 Å². The van der Waals surface area contributed by atoms with Gasteiger partial charge in [0, 0.05) is 17.9 Å². The van der Waals surface area contributed by atoms with Crippen LogP contribution in [0.25, 0.3) is 0 Å². The van der Waals surface area contributed by atoms with Gasteiger partial charge in [-0.1, -0.05) is 109 Å². The van der Waals surface area contributed by atoms with E-state index in [1.807, 2.05) is 62.4 Å². The van der Waals surface area contributed by atoms with E-state index in [2.05, 4.69) is 10.6 Å². The first-order valence-corrected chi connectivity index (χ1v) is 15.9. The predicted molar refractivity (Wildman–Crippen MR) is 184 cm³/mol. The summed E-state index contributed by atoms with van der Waals surface area (Å²) in [5, 5.41) is 19.7. The molecule has 7 rings (SSSR count). The van der Waals surface area contributed by atoms with Crippen LogP contribution >= 0.6 is 0 Å². The largest absolute Gasteiger partial charge is 0.473 e. The van der Waals surface area contributed by atoms with Crippen molar-refractivity contribution in [3.8, 4) is 5.75 Å². The van der Waals surface area contributed by atoms with Gasteiger partial charge < -0.3 is 15.2 Å². The van der Waals surface area contributed by atoms with Gasteiger partial charge in [-0.05, 0) is 60.4 Å². The molecule has 2 heterocycles. The molecule has 0 aliphatic carbocycles. The second-order valence-electron chi connectivity index (χ2n) is 12.3. The molecule has 0 aromatic heterocycles. The molecule has 3 N–H and O–H groups in total. The van der Waals surface area contributed by atoms with E-state index in [4.69, 9.17) is 4.74 Å². The number of Topliss-reactive ketones (excluding diaryl/α,β-unsaturated/α-hetero) is 1. The van der Waals surface area contributed by atoms with Crippen molar-refractivity contribution in [2.24, 2.45) is 5.41 Å². The van der Waals surface area contributed by atoms with E-state index >= 15 is 14.4 Å². The average Bonchev–Trinajstić information content (AvgIpc) is 3.33. The maximum absolute atomic E-state index is 15.4. The van der Waals surface area contributed by atoms with E-state index in [0.717, 1.165) is 16.7 Å². The third kappa shape index (κ3) is 4.72. The van der Waals surface area contributed by atoms with E-state index < -0.39 is 40.9 Å². The smallest absolute Gasteiger partial charge is 0.265 e. The third-order valence-corrected chi connectivity index (χ3v) is 9.52. The number of ketones is 1. The Labute approximate surface area is 279 Å². The Hall–Kier alpha value is -5.57. The highest BCUT2D eigenvalue weighted by atomic mass is 16.5. The lowest BCUT2D eigenvalue weighted by Crippen LogP contribution is -2.70. The third-order valence-electron chi connectivity index (χ3n) is 9.52. The van der Waals surface area contributed by atoms with Crippen LogP contribution in [0.15, 0.2) is 133 Å². The molecule has 2 amide bonds. The Kier molecular flexibility index (Phi) is 7.91. The number of benzene rings is 5. The highest BCUT2D eigenvalue weighted by Gasteiger charge is 2.79. The fraction of sp³-hybridized carbons (Fsp3) is 0.175. The minimum atomic E-state index is -2.55. The highest BCUT2D eigenvalue weighted by molar-refractivity contribution is 6.21. The van der Waals surface area contributed by atoms with E-state index in [0.29, 0.717) is 11.4 Å². The van der Waals surface area contributed by atoms with Crippen molar-refractivity contribution in [2.45, 2.75) is 38.3 Å². The van der Waals surface area contributed by atoms with Gasteiger partial charge in [0.2, 0.25) is 5.91 Å². The lowest BCUT2D eigenvalue weighted by atomic mass is 9.60. The second-order valence-corrected chi connectivity index (χ2v) is 12.3. The molecule has 1 fully saturated rings. The van der Waals surface area contributed by atoms with Crippen molar-refractivity contribution in [2.75, 3.05) is 10.2 Å². The normalized spacial score (nSPS) is 23.1. The molecule has 0 unspecified atom stereocenters. The number of anilines is 2. The number of carbonyl (C=O) groups excluding carboxylic acids is 3. The first kappa shape index (κ1) is 31.1. The minimum Gasteiger partial charge on any atom is -0.473 e. The number of ether oxygens (including phenoxy) is 1. The molecule has 5 aromatic rings. The number of nitrogens with one attached hydrogen (secondary N) is 2. The summed E-state index contributed by atoms with van der Waals surface area (Å²) in [7, 11) is 0. The monoisotopic (exact) mass is 637 g/mol. The number of hydrogen-bond donors (Lipinski definition) is 3. The quantitative estimate of drug-likeness (QED) is 0.205. The summed E-state index contributed by atoms with van der Waals surface area (Å²) >= 11 is 0. The Balaban J connectivity index is 1.53. The molecule has 1 saturated heterocycles. The molecule has 1 spiro atoms. The fourth-order valence-corrected chi connectivity index (χ4v) is 7.24. The number of amides is 2. The van der Waals surface area contributed by atoms with Gasteiger partial charge in [0.05, 0.1) is 5.56 Å². The van der Waals surface area contributed by atoms with Crippen LogP contribution in [-0.2, 0) is 21.7 Å². The van der Waals surface area contributed by atoms with E-state index in [-0.39, 0.29) is 23.4 Å². The maximum atomic E-state index is 15.4. The molecule has 5 aromatic carbocycles. The number of aliphatic hydroxyl groups is 1. The molecule has 0 saturated carbocycles. The second kappa shape index (κ2) is 12.2. The van der Waals surface area contributed by atoms with Crippen LogP contribution in [0.5, 0.6) is 5.75 Å². The molecule has 0 bridgehead atoms. The molecule has 2 aliphatic rings. The van der Waals surface area contributed by atoms with Crippen molar-refractivity contribution in [3.63, 3.8) is 0 Å². The predicted octanol–water partition coefficient (Wildman–Crippen LogP) is 5.92. The number of hydrogen-bond acceptors (Lipinski definition) is 6. The summed E-state index contributed by atoms with van der Waals surface area (Å²) < 4.78 is 6.64. The van der Waals surface area contributed by atoms with E-state index in [1.165, 1.54) is 4.90 Å². The molecule has 48 heavy (non-hydrogen) atoms. The van der Waals surface area contributed by atoms with E-state index in [1.54, 1.807) is 84.9 Å². The van der Waals surface area contributed by atoms with Gasteiger partial charge in [0.25, 0.3) is 5.91 Å². The lowest BCUT2D eigenvalue weighted by Gasteiger charge is -2.49. The molecule has 2 aliphatic heterocycles. The zero-order chi connectivity index (χ0) is 33.5. The fourth-order valence-electron chi connectivity index (χ4n) is 7.24. The number of aryl methyl sites for hydroxylation is 2. The Morgan fingerprint density at radius 3 is 2.02 bits per heavy atom. The van der Waals surface area contributed by atoms with Crippen LogP contribution in [0.1, 0.15) is 32.6 Å². The summed E-state index contributed by atoms with van der Waals surface area (Å²) in [6.07, 6.45) is -1.34. The highest BCUT2D eigenvalue weighted by Crippen LogP contribution is 2.59. The lowest BCUT2D eigenvalue weighted by molar-refractivity contribution is -0.155. The number of para-hydroxylation sites is 3. The Bertz CT molecular complexity index is 1980. The van der Waals surface area contributed by atoms with Crippen molar-refractivity contribution in [1.29, 1.82) is 0 Å². The zero-order valence-corrected chi connectivity index (χ0v) is 26.6. The van der Waals surface area contributed by atoms with Crippen LogP contribution in [0.2, 0.25) is 0 Å². The Morgan fingerprint density at radius 1 is 0.771 bits per heavy atom. The van der Waals surface area contributed by atoms with Crippen LogP contribution in [0.4, 0.5) is 11.4 Å². The van der Waals surface area contributed by atoms with Gasteiger partial charge in [0.1, 0.15) is 11.8 Å². The summed E-state index contributed by atoms with van der Waals surface area (Å²) in [5.74, 6) is -1.76. The molecule has 0 radical (unpaired) electrons. The van der Waals surface area contributed by atoms with Crippen molar-refractivity contribution >= 4 is 29.0 Å². The molecule has 8 heteroatoms. The zero-order valence-electron chi connectivity index (χ0n) is 26.6. The number of rotatable bonds is 7. The van der Waals surface area contributed by atoms with Gasteiger partial charge in [-0.3, -0.25) is 24.6 Å². The van der Waals surface area contributed by atoms with Gasteiger partial charge in [-0.15, -0.1) is 0 Å². The first-order valence-electron chi connectivity index (χ1n) is 15.9. The van der Waals surface area contributed by atoms with Crippen LogP contribution < -0.4 is 20.3 Å². The van der Waals surface area contributed by atoms with Gasteiger partial charge >= 0.3 is 0 Å².